The largest absolute Gasteiger partial charge is 0.376 e. The van der Waals surface area contributed by atoms with E-state index in [1.54, 1.807) is 12.1 Å². The Morgan fingerprint density at radius 3 is 2.65 bits per heavy atom. The molecule has 1 aromatic rings. The van der Waals surface area contributed by atoms with Crippen molar-refractivity contribution in [3.63, 3.8) is 0 Å². The number of halogens is 1. The number of hydrogen-bond donors (Lipinski definition) is 2. The van der Waals surface area contributed by atoms with Crippen molar-refractivity contribution < 1.29 is 22.3 Å². The second kappa shape index (κ2) is 7.85. The summed E-state index contributed by atoms with van der Waals surface area (Å²) in [6.07, 6.45) is 2.63. The average molecular weight is 344 g/mol. The lowest BCUT2D eigenvalue weighted by atomic mass is 9.99. The summed E-state index contributed by atoms with van der Waals surface area (Å²) in [6.45, 7) is 0.667. The molecule has 2 N–H and O–H groups in total. The lowest BCUT2D eigenvalue weighted by molar-refractivity contribution is -0.122. The molecule has 128 valence electrons. The van der Waals surface area contributed by atoms with Gasteiger partial charge in [0.25, 0.3) is 0 Å². The number of amides is 1. The third-order valence-corrected chi connectivity index (χ3v) is 4.33. The smallest absolute Gasteiger partial charge is 0.221 e. The van der Waals surface area contributed by atoms with Crippen molar-refractivity contribution in [2.45, 2.75) is 31.4 Å². The number of carbonyl (C=O) groups excluding carboxylic acids is 1. The van der Waals surface area contributed by atoms with Crippen molar-refractivity contribution in [2.75, 3.05) is 19.4 Å². The van der Waals surface area contributed by atoms with E-state index in [0.717, 1.165) is 24.7 Å². The fourth-order valence-corrected chi connectivity index (χ4v) is 2.99. The van der Waals surface area contributed by atoms with Crippen molar-refractivity contribution in [2.24, 2.45) is 0 Å². The van der Waals surface area contributed by atoms with Crippen LogP contribution in [0.25, 0.3) is 0 Å². The molecule has 0 saturated carbocycles. The first kappa shape index (κ1) is 17.8. The van der Waals surface area contributed by atoms with Crippen LogP contribution in [0.5, 0.6) is 0 Å². The van der Waals surface area contributed by atoms with Crippen LogP contribution in [0.15, 0.2) is 24.3 Å². The Hall–Kier alpha value is -1.51. The highest BCUT2D eigenvalue weighted by Crippen LogP contribution is 2.27. The first-order chi connectivity index (χ1) is 10.8. The van der Waals surface area contributed by atoms with E-state index in [0.29, 0.717) is 6.61 Å². The zero-order valence-corrected chi connectivity index (χ0v) is 13.7. The predicted octanol–water partition coefficient (Wildman–Crippen LogP) is 1.10. The molecule has 1 aliphatic rings. The van der Waals surface area contributed by atoms with Crippen LogP contribution >= 0.6 is 0 Å². The van der Waals surface area contributed by atoms with Gasteiger partial charge in [0.1, 0.15) is 5.82 Å². The summed E-state index contributed by atoms with van der Waals surface area (Å²) < 4.78 is 43.0. The lowest BCUT2D eigenvalue weighted by Gasteiger charge is -2.25. The minimum absolute atomic E-state index is 0.0253. The summed E-state index contributed by atoms with van der Waals surface area (Å²) >= 11 is 0. The maximum atomic E-state index is 13.1. The van der Waals surface area contributed by atoms with Gasteiger partial charge in [-0.25, -0.2) is 17.5 Å². The normalized spacial score (nSPS) is 19.5. The van der Waals surface area contributed by atoms with Gasteiger partial charge in [-0.3, -0.25) is 4.79 Å². The van der Waals surface area contributed by atoms with E-state index >= 15 is 0 Å². The molecule has 2 rings (SSSR count). The SMILES string of the molecule is CS(=O)(=O)NCCC(=O)N[C@H](c1ccc(F)cc1)[C@@H]1CCCO1. The second-order valence-electron chi connectivity index (χ2n) is 5.56. The standard InChI is InChI=1S/C15H21FN2O4S/c1-23(20,21)17-9-8-14(19)18-15(13-3-2-10-22-13)11-4-6-12(16)7-5-11/h4-7,13,15,17H,2-3,8-10H2,1H3,(H,18,19)/t13-,15+/m0/s1. The molecule has 1 heterocycles. The number of ether oxygens (including phenoxy) is 1. The van der Waals surface area contributed by atoms with Gasteiger partial charge in [0.05, 0.1) is 18.4 Å². The van der Waals surface area contributed by atoms with Gasteiger partial charge in [-0.2, -0.15) is 0 Å². The second-order valence-corrected chi connectivity index (χ2v) is 7.40. The molecule has 23 heavy (non-hydrogen) atoms. The molecular weight excluding hydrogens is 323 g/mol. The summed E-state index contributed by atoms with van der Waals surface area (Å²) in [6, 6.07) is 5.56. The summed E-state index contributed by atoms with van der Waals surface area (Å²) in [4.78, 5) is 12.1. The molecule has 1 saturated heterocycles. The van der Waals surface area contributed by atoms with Crippen LogP contribution in [0.4, 0.5) is 4.39 Å². The molecule has 8 heteroatoms. The minimum atomic E-state index is -3.32. The fraction of sp³-hybridized carbons (Fsp3) is 0.533. The molecule has 0 bridgehead atoms. The molecule has 6 nitrogen and oxygen atoms in total. The molecule has 0 aromatic heterocycles. The fourth-order valence-electron chi connectivity index (χ4n) is 2.52. The number of hydrogen-bond acceptors (Lipinski definition) is 4. The van der Waals surface area contributed by atoms with Crippen LogP contribution in [-0.4, -0.2) is 39.8 Å². The summed E-state index contributed by atoms with van der Waals surface area (Å²) in [5.41, 5.74) is 0.766. The highest BCUT2D eigenvalue weighted by atomic mass is 32.2. The Balaban J connectivity index is 2.00. The Kier molecular flexibility index (Phi) is 6.09. The van der Waals surface area contributed by atoms with Crippen LogP contribution in [0.2, 0.25) is 0 Å². The zero-order chi connectivity index (χ0) is 16.9. The quantitative estimate of drug-likeness (QED) is 0.776. The summed E-state index contributed by atoms with van der Waals surface area (Å²) in [5.74, 6) is -0.630. The summed E-state index contributed by atoms with van der Waals surface area (Å²) in [5, 5.41) is 2.86. The minimum Gasteiger partial charge on any atom is -0.376 e. The molecule has 0 aliphatic carbocycles. The van der Waals surface area contributed by atoms with Crippen LogP contribution in [0.3, 0.4) is 0 Å². The van der Waals surface area contributed by atoms with Crippen LogP contribution < -0.4 is 10.0 Å². The number of carbonyl (C=O) groups is 1. The van der Waals surface area contributed by atoms with Crippen LogP contribution in [0, 0.1) is 5.82 Å². The van der Waals surface area contributed by atoms with Gasteiger partial charge in [-0.1, -0.05) is 12.1 Å². The Labute approximate surface area is 135 Å². The molecule has 1 amide bonds. The van der Waals surface area contributed by atoms with Gasteiger partial charge in [0.2, 0.25) is 15.9 Å². The molecule has 0 radical (unpaired) electrons. The van der Waals surface area contributed by atoms with E-state index in [9.17, 15) is 17.6 Å². The van der Waals surface area contributed by atoms with Gasteiger partial charge in [0.15, 0.2) is 0 Å². The first-order valence-electron chi connectivity index (χ1n) is 7.46. The number of sulfonamides is 1. The monoisotopic (exact) mass is 344 g/mol. The van der Waals surface area contributed by atoms with Crippen molar-refractivity contribution >= 4 is 15.9 Å². The third kappa shape index (κ3) is 5.89. The van der Waals surface area contributed by atoms with Gasteiger partial charge >= 0.3 is 0 Å². The number of nitrogens with one attached hydrogen (secondary N) is 2. The molecule has 1 fully saturated rings. The highest BCUT2D eigenvalue weighted by Gasteiger charge is 2.28. The molecule has 1 aromatic carbocycles. The highest BCUT2D eigenvalue weighted by molar-refractivity contribution is 7.88. The van der Waals surface area contributed by atoms with E-state index in [-0.39, 0.29) is 36.8 Å². The Bertz CT molecular complexity index is 627. The van der Waals surface area contributed by atoms with Gasteiger partial charge in [-0.05, 0) is 30.5 Å². The number of benzene rings is 1. The summed E-state index contributed by atoms with van der Waals surface area (Å²) in [7, 11) is -3.32. The topological polar surface area (TPSA) is 84.5 Å². The van der Waals surface area contributed by atoms with Crippen molar-refractivity contribution in [3.05, 3.63) is 35.6 Å². The molecule has 1 aliphatic heterocycles. The lowest BCUT2D eigenvalue weighted by Crippen LogP contribution is -2.37. The first-order valence-corrected chi connectivity index (χ1v) is 9.35. The van der Waals surface area contributed by atoms with Gasteiger partial charge in [0, 0.05) is 19.6 Å². The Morgan fingerprint density at radius 2 is 2.09 bits per heavy atom. The van der Waals surface area contributed by atoms with Crippen molar-refractivity contribution in [3.8, 4) is 0 Å². The van der Waals surface area contributed by atoms with E-state index in [1.165, 1.54) is 12.1 Å². The molecule has 0 spiro atoms. The Morgan fingerprint density at radius 1 is 1.39 bits per heavy atom. The average Bonchev–Trinajstić information content (AvgIpc) is 2.98. The maximum Gasteiger partial charge on any atom is 0.221 e. The maximum absolute atomic E-state index is 13.1. The van der Waals surface area contributed by atoms with Crippen molar-refractivity contribution in [1.29, 1.82) is 0 Å². The van der Waals surface area contributed by atoms with Gasteiger partial charge in [-0.15, -0.1) is 0 Å². The molecule has 0 unspecified atom stereocenters. The van der Waals surface area contributed by atoms with Crippen LogP contribution in [-0.2, 0) is 19.6 Å². The van der Waals surface area contributed by atoms with Crippen molar-refractivity contribution in [1.82, 2.24) is 10.0 Å². The number of rotatable bonds is 7. The molecule has 2 atom stereocenters. The zero-order valence-electron chi connectivity index (χ0n) is 12.9. The molecular formula is C15H21FN2O4S. The van der Waals surface area contributed by atoms with Gasteiger partial charge < -0.3 is 10.1 Å². The predicted molar refractivity (Wildman–Crippen MR) is 83.7 cm³/mol. The van der Waals surface area contributed by atoms with E-state index in [4.69, 9.17) is 4.74 Å². The van der Waals surface area contributed by atoms with E-state index in [2.05, 4.69) is 10.0 Å². The van der Waals surface area contributed by atoms with E-state index < -0.39 is 10.0 Å². The third-order valence-electron chi connectivity index (χ3n) is 3.60. The van der Waals surface area contributed by atoms with Crippen LogP contribution in [0.1, 0.15) is 30.9 Å². The van der Waals surface area contributed by atoms with E-state index in [1.807, 2.05) is 0 Å².